The predicted molar refractivity (Wildman–Crippen MR) is 85.0 cm³/mol. The third-order valence-corrected chi connectivity index (χ3v) is 4.24. The molecule has 2 N–H and O–H groups in total. The molecule has 1 nitrogen and oxygen atoms in total. The molecule has 0 saturated carbocycles. The molecule has 1 heterocycles. The summed E-state index contributed by atoms with van der Waals surface area (Å²) in [5.74, 6) is 0. The van der Waals surface area contributed by atoms with Crippen molar-refractivity contribution < 1.29 is 0 Å². The molecule has 3 rings (SSSR count). The van der Waals surface area contributed by atoms with Crippen LogP contribution in [0.5, 0.6) is 0 Å². The molecular formula is C16H16ClNS. The zero-order chi connectivity index (χ0) is 12.4. The molecule has 0 radical (unpaired) electrons. The Kier molecular flexibility index (Phi) is 4.70. The van der Waals surface area contributed by atoms with E-state index in [1.807, 2.05) is 11.8 Å². The van der Waals surface area contributed by atoms with E-state index in [1.54, 1.807) is 0 Å². The van der Waals surface area contributed by atoms with Crippen LogP contribution in [-0.4, -0.2) is 6.54 Å². The van der Waals surface area contributed by atoms with Gasteiger partial charge in [0.05, 0.1) is 0 Å². The van der Waals surface area contributed by atoms with E-state index in [4.69, 9.17) is 5.73 Å². The van der Waals surface area contributed by atoms with Crippen molar-refractivity contribution in [1.82, 2.24) is 0 Å². The van der Waals surface area contributed by atoms with Gasteiger partial charge in [0.25, 0.3) is 0 Å². The minimum Gasteiger partial charge on any atom is -0.330 e. The lowest BCUT2D eigenvalue weighted by atomic mass is 9.96. The maximum absolute atomic E-state index is 5.64. The third-order valence-electron chi connectivity index (χ3n) is 3.09. The van der Waals surface area contributed by atoms with Gasteiger partial charge < -0.3 is 5.73 Å². The molecule has 0 atom stereocenters. The lowest BCUT2D eigenvalue weighted by Crippen LogP contribution is -2.01. The summed E-state index contributed by atoms with van der Waals surface area (Å²) in [6.45, 7) is 0.695. The fourth-order valence-corrected chi connectivity index (χ4v) is 3.37. The number of halogens is 1. The standard InChI is InChI=1S/C16H15NS.ClH/c17-11-5-8-12-13-6-1-3-9-15(13)18-16-10-4-2-7-14(12)16;/h1-4,6-10H,5,11,17H2;1H. The van der Waals surface area contributed by atoms with Crippen molar-refractivity contribution in [2.24, 2.45) is 5.73 Å². The topological polar surface area (TPSA) is 26.0 Å². The molecule has 1 aliphatic heterocycles. The Morgan fingerprint density at radius 2 is 1.42 bits per heavy atom. The Labute approximate surface area is 124 Å². The van der Waals surface area contributed by atoms with E-state index in [-0.39, 0.29) is 12.4 Å². The zero-order valence-electron chi connectivity index (χ0n) is 10.5. The van der Waals surface area contributed by atoms with Crippen LogP contribution in [0.25, 0.3) is 5.57 Å². The first-order valence-electron chi connectivity index (χ1n) is 6.17. The number of benzene rings is 2. The molecule has 0 spiro atoms. The Bertz CT molecular complexity index is 560. The van der Waals surface area contributed by atoms with Crippen LogP contribution in [0.2, 0.25) is 0 Å². The zero-order valence-corrected chi connectivity index (χ0v) is 12.1. The minimum atomic E-state index is 0. The van der Waals surface area contributed by atoms with Crippen LogP contribution >= 0.6 is 24.2 Å². The number of fused-ring (bicyclic) bond motifs is 2. The Morgan fingerprint density at radius 3 is 1.95 bits per heavy atom. The van der Waals surface area contributed by atoms with E-state index in [0.29, 0.717) is 6.54 Å². The Morgan fingerprint density at radius 1 is 0.895 bits per heavy atom. The molecule has 2 aromatic rings. The van der Waals surface area contributed by atoms with Crippen LogP contribution in [0, 0.1) is 0 Å². The average molecular weight is 290 g/mol. The van der Waals surface area contributed by atoms with Crippen molar-refractivity contribution in [1.29, 1.82) is 0 Å². The number of hydrogen-bond acceptors (Lipinski definition) is 2. The molecule has 19 heavy (non-hydrogen) atoms. The second kappa shape index (κ2) is 6.29. The van der Waals surface area contributed by atoms with Gasteiger partial charge in [-0.25, -0.2) is 0 Å². The van der Waals surface area contributed by atoms with Gasteiger partial charge in [0.1, 0.15) is 0 Å². The second-order valence-electron chi connectivity index (χ2n) is 4.29. The van der Waals surface area contributed by atoms with E-state index >= 15 is 0 Å². The second-order valence-corrected chi connectivity index (χ2v) is 5.37. The van der Waals surface area contributed by atoms with Crippen LogP contribution in [0.3, 0.4) is 0 Å². The van der Waals surface area contributed by atoms with E-state index < -0.39 is 0 Å². The molecule has 98 valence electrons. The lowest BCUT2D eigenvalue weighted by molar-refractivity contribution is 1.01. The van der Waals surface area contributed by atoms with Gasteiger partial charge in [-0.2, -0.15) is 0 Å². The van der Waals surface area contributed by atoms with Gasteiger partial charge in [0.15, 0.2) is 0 Å². The Balaban J connectivity index is 0.00000133. The molecule has 1 aliphatic rings. The molecule has 0 fully saturated rings. The molecule has 0 amide bonds. The van der Waals surface area contributed by atoms with E-state index in [2.05, 4.69) is 54.6 Å². The highest BCUT2D eigenvalue weighted by molar-refractivity contribution is 7.99. The molecule has 3 heteroatoms. The lowest BCUT2D eigenvalue weighted by Gasteiger charge is -2.21. The summed E-state index contributed by atoms with van der Waals surface area (Å²) in [6, 6.07) is 17.2. The van der Waals surface area contributed by atoms with Crippen LogP contribution in [0.4, 0.5) is 0 Å². The highest BCUT2D eigenvalue weighted by atomic mass is 35.5. The summed E-state index contributed by atoms with van der Waals surface area (Å²) >= 11 is 1.85. The fraction of sp³-hybridized carbons (Fsp3) is 0.125. The summed E-state index contributed by atoms with van der Waals surface area (Å²) in [7, 11) is 0. The van der Waals surface area contributed by atoms with Crippen LogP contribution in [0.1, 0.15) is 17.5 Å². The van der Waals surface area contributed by atoms with Crippen molar-refractivity contribution in [2.75, 3.05) is 6.54 Å². The molecule has 2 aromatic carbocycles. The summed E-state index contributed by atoms with van der Waals surface area (Å²) in [6.07, 6.45) is 3.18. The van der Waals surface area contributed by atoms with E-state index in [9.17, 15) is 0 Å². The van der Waals surface area contributed by atoms with Gasteiger partial charge in [-0.05, 0) is 41.8 Å². The first-order valence-corrected chi connectivity index (χ1v) is 6.98. The molecule has 0 saturated heterocycles. The summed E-state index contributed by atoms with van der Waals surface area (Å²) in [5, 5.41) is 0. The van der Waals surface area contributed by atoms with Crippen molar-refractivity contribution in [3.63, 3.8) is 0 Å². The normalized spacial score (nSPS) is 12.2. The summed E-state index contributed by atoms with van der Waals surface area (Å²) < 4.78 is 0. The van der Waals surface area contributed by atoms with Gasteiger partial charge >= 0.3 is 0 Å². The molecule has 0 unspecified atom stereocenters. The van der Waals surface area contributed by atoms with Gasteiger partial charge in [-0.15, -0.1) is 12.4 Å². The van der Waals surface area contributed by atoms with Gasteiger partial charge in [0.2, 0.25) is 0 Å². The van der Waals surface area contributed by atoms with Crippen molar-refractivity contribution in [3.8, 4) is 0 Å². The van der Waals surface area contributed by atoms with Crippen LogP contribution in [0.15, 0.2) is 64.4 Å². The molecular weight excluding hydrogens is 274 g/mol. The average Bonchev–Trinajstić information content (AvgIpc) is 2.43. The van der Waals surface area contributed by atoms with Gasteiger partial charge in [-0.1, -0.05) is 54.2 Å². The van der Waals surface area contributed by atoms with Gasteiger partial charge in [0, 0.05) is 9.79 Å². The Hall–Kier alpha value is -1.22. The summed E-state index contributed by atoms with van der Waals surface area (Å²) in [4.78, 5) is 2.67. The third kappa shape index (κ3) is 2.71. The van der Waals surface area contributed by atoms with Crippen molar-refractivity contribution in [2.45, 2.75) is 16.2 Å². The van der Waals surface area contributed by atoms with Crippen molar-refractivity contribution >= 4 is 29.7 Å². The van der Waals surface area contributed by atoms with Crippen molar-refractivity contribution in [3.05, 3.63) is 65.7 Å². The number of rotatable bonds is 2. The van der Waals surface area contributed by atoms with Crippen LogP contribution in [-0.2, 0) is 0 Å². The number of hydrogen-bond donors (Lipinski definition) is 1. The highest BCUT2D eigenvalue weighted by Gasteiger charge is 2.19. The molecule has 0 aromatic heterocycles. The predicted octanol–water partition coefficient (Wildman–Crippen LogP) is 4.35. The van der Waals surface area contributed by atoms with E-state index in [1.165, 1.54) is 26.5 Å². The van der Waals surface area contributed by atoms with Gasteiger partial charge in [-0.3, -0.25) is 0 Å². The quantitative estimate of drug-likeness (QED) is 0.759. The monoisotopic (exact) mass is 289 g/mol. The number of nitrogens with two attached hydrogens (primary N) is 1. The maximum atomic E-state index is 5.64. The minimum absolute atomic E-state index is 0. The summed E-state index contributed by atoms with van der Waals surface area (Å²) in [5.41, 5.74) is 9.62. The largest absolute Gasteiger partial charge is 0.330 e. The SMILES string of the molecule is Cl.NCCC=C1c2ccccc2Sc2ccccc21. The maximum Gasteiger partial charge on any atom is 0.0201 e. The molecule has 0 aliphatic carbocycles. The fourth-order valence-electron chi connectivity index (χ4n) is 2.27. The first kappa shape index (κ1) is 14.2. The molecule has 0 bridgehead atoms. The highest BCUT2D eigenvalue weighted by Crippen LogP contribution is 2.45. The van der Waals surface area contributed by atoms with E-state index in [0.717, 1.165) is 6.42 Å². The van der Waals surface area contributed by atoms with Crippen LogP contribution < -0.4 is 5.73 Å². The first-order chi connectivity index (χ1) is 8.90. The smallest absolute Gasteiger partial charge is 0.0201 e.